The average molecular weight is 803 g/mol. The second-order valence-corrected chi connectivity index (χ2v) is 7.03. The van der Waals surface area contributed by atoms with Crippen molar-refractivity contribution in [1.29, 1.82) is 0 Å². The molecule has 0 fully saturated rings. The summed E-state index contributed by atoms with van der Waals surface area (Å²) in [4.78, 5) is 61.3. The van der Waals surface area contributed by atoms with E-state index < -0.39 is 35.8 Å². The van der Waals surface area contributed by atoms with Gasteiger partial charge in [-0.25, -0.2) is 0 Å². The average Bonchev–Trinajstić information content (AvgIpc) is 2.65. The summed E-state index contributed by atoms with van der Waals surface area (Å²) in [5.74, 6) is -6.50. The zero-order valence-electron chi connectivity index (χ0n) is 27.5. The molecule has 2 rings (SSSR count). The fraction of sp³-hybridized carbons (Fsp3) is 0.385. The summed E-state index contributed by atoms with van der Waals surface area (Å²) in [7, 11) is 0. The van der Waals surface area contributed by atoms with Crippen LogP contribution in [0, 0.1) is 27.7 Å². The molecule has 0 aliphatic carbocycles. The van der Waals surface area contributed by atoms with Crippen molar-refractivity contribution in [3.05, 3.63) is 59.2 Å². The van der Waals surface area contributed by atoms with Gasteiger partial charge in [-0.1, -0.05) is 12.1 Å². The van der Waals surface area contributed by atoms with Crippen molar-refractivity contribution in [2.24, 2.45) is 0 Å². The Balaban J connectivity index is -0.0000000329. The molecule has 19 heteroatoms. The quantitative estimate of drug-likeness (QED) is 0.177. The Bertz CT molecular complexity index is 817. The zero-order valence-corrected chi connectivity index (χ0v) is 36.4. The molecule has 0 spiro atoms. The third-order valence-corrected chi connectivity index (χ3v) is 2.02. The molecule has 0 radical (unpaired) electrons. The van der Waals surface area contributed by atoms with Gasteiger partial charge >= 0.3 is 58.4 Å². The van der Waals surface area contributed by atoms with Gasteiger partial charge < -0.3 is 70.4 Å². The summed E-state index contributed by atoms with van der Waals surface area (Å²) in [6, 6.07) is 4.21. The number of nitrogens with zero attached hydrogens (tertiary/aromatic N) is 2. The second-order valence-electron chi connectivity index (χ2n) is 7.03. The van der Waals surface area contributed by atoms with E-state index in [2.05, 4.69) is 22.1 Å². The van der Waals surface area contributed by atoms with E-state index in [4.69, 9.17) is 59.4 Å². The monoisotopic (exact) mass is 798 g/mol. The molecule has 0 aliphatic heterocycles. The summed E-state index contributed by atoms with van der Waals surface area (Å²) in [6.45, 7) is 14.0. The van der Waals surface area contributed by atoms with Gasteiger partial charge in [0.25, 0.3) is 0 Å². The maximum Gasteiger partial charge on any atom is 2.00 e. The topological polar surface area (TPSA) is 333 Å². The van der Waals surface area contributed by atoms with E-state index in [-0.39, 0.29) is 69.4 Å². The summed E-state index contributed by atoms with van der Waals surface area (Å²) in [5, 5.41) is 53.3. The van der Waals surface area contributed by atoms with E-state index in [1.54, 1.807) is 0 Å². The van der Waals surface area contributed by atoms with Crippen LogP contribution in [-0.4, -0.2) is 45.8 Å². The van der Waals surface area contributed by atoms with Crippen LogP contribution in [0.5, 0.6) is 0 Å². The van der Waals surface area contributed by atoms with Gasteiger partial charge in [-0.05, 0) is 91.5 Å². The molecule has 0 aromatic carbocycles. The van der Waals surface area contributed by atoms with Crippen molar-refractivity contribution in [3.8, 4) is 0 Å². The van der Waals surface area contributed by atoms with Crippen molar-refractivity contribution in [2.45, 2.75) is 69.2 Å². The summed E-state index contributed by atoms with van der Waals surface area (Å²) in [5.41, 5.74) is 4.91. The Kier molecular flexibility index (Phi) is 87.2. The van der Waals surface area contributed by atoms with Gasteiger partial charge in [0.15, 0.2) is 0 Å². The predicted molar refractivity (Wildman–Crippen MR) is 141 cm³/mol. The smallest absolute Gasteiger partial charge is 0.550 e. The molecule has 244 valence electrons. The molecule has 0 saturated heterocycles. The standard InChI is InChI=1S/2C7H9N.6C2H4O2.2H2O.3Zn/c2*1-6-3-7(2)5-8-4-6;6*1-2(3)4;;;;;/h2*3-5H,1-2H3;6*1H3,(H,3,4);2*1H2;;;/q;;;;;;;;;;3*+2/p-4. The molecule has 16 nitrogen and oxygen atoms in total. The van der Waals surface area contributed by atoms with Crippen LogP contribution in [-0.2, 0) is 98.2 Å². The van der Waals surface area contributed by atoms with E-state index in [9.17, 15) is 0 Å². The first-order valence-corrected chi connectivity index (χ1v) is 10.8. The zero-order chi connectivity index (χ0) is 33.4. The van der Waals surface area contributed by atoms with Gasteiger partial charge in [-0.3, -0.25) is 9.97 Å². The number of aryl methyl sites for hydroxylation is 4. The van der Waals surface area contributed by atoms with Crippen LogP contribution in [0.3, 0.4) is 0 Å². The number of carboxylic acids is 6. The number of hydrogen-bond donors (Lipinski definition) is 0. The van der Waals surface area contributed by atoms with Crippen LogP contribution in [0.1, 0.15) is 63.8 Å². The molecule has 6 N–H and O–H groups in total. The maximum absolute atomic E-state index is 8.89. The Hall–Kier alpha value is -3.09. The van der Waals surface area contributed by atoms with Crippen molar-refractivity contribution in [3.63, 3.8) is 0 Å². The number of carboxylic acid groups (broad SMARTS) is 6. The maximum atomic E-state index is 8.89. The number of pyridine rings is 2. The van der Waals surface area contributed by atoms with E-state index >= 15 is 0 Å². The molecular formula is C26H42N2O14Zn3+2. The predicted octanol–water partition coefficient (Wildman–Crippen LogP) is -5.92. The van der Waals surface area contributed by atoms with Gasteiger partial charge in [0.2, 0.25) is 0 Å². The number of carbonyl (C=O) groups is 6. The minimum Gasteiger partial charge on any atom is -0.550 e. The van der Waals surface area contributed by atoms with E-state index in [0.29, 0.717) is 0 Å². The van der Waals surface area contributed by atoms with E-state index in [0.717, 1.165) is 41.5 Å². The van der Waals surface area contributed by atoms with Crippen molar-refractivity contribution < 1.29 is 129 Å². The molecule has 2 heterocycles. The molecule has 0 amide bonds. The van der Waals surface area contributed by atoms with E-state index in [1.807, 2.05) is 52.5 Å². The molecule has 2 aromatic heterocycles. The molecule has 0 bridgehead atoms. The Morgan fingerprint density at radius 3 is 0.533 bits per heavy atom. The van der Waals surface area contributed by atoms with Crippen LogP contribution >= 0.6 is 0 Å². The largest absolute Gasteiger partial charge is 2.00 e. The van der Waals surface area contributed by atoms with Crippen molar-refractivity contribution >= 4 is 35.8 Å². The van der Waals surface area contributed by atoms with Crippen LogP contribution < -0.4 is 30.6 Å². The second kappa shape index (κ2) is 53.5. The Morgan fingerprint density at radius 1 is 0.400 bits per heavy atom. The first-order valence-electron chi connectivity index (χ1n) is 10.8. The molecule has 2 aromatic rings. The Morgan fingerprint density at radius 2 is 0.489 bits per heavy atom. The summed E-state index contributed by atoms with van der Waals surface area (Å²) in [6.07, 6.45) is 7.42. The minimum atomic E-state index is -1.08. The number of carbonyl (C=O) groups excluding carboxylic acids is 6. The number of rotatable bonds is 0. The molecule has 45 heavy (non-hydrogen) atoms. The summed E-state index contributed by atoms with van der Waals surface area (Å²) < 4.78 is 0. The number of aromatic nitrogens is 2. The van der Waals surface area contributed by atoms with Gasteiger partial charge in [-0.15, -0.1) is 0 Å². The molecule has 0 aliphatic rings. The van der Waals surface area contributed by atoms with Crippen LogP contribution in [0.2, 0.25) is 0 Å². The summed E-state index contributed by atoms with van der Waals surface area (Å²) >= 11 is 0. The third-order valence-electron chi connectivity index (χ3n) is 2.02. The van der Waals surface area contributed by atoms with Crippen LogP contribution in [0.15, 0.2) is 36.9 Å². The van der Waals surface area contributed by atoms with Crippen molar-refractivity contribution in [1.82, 2.24) is 9.97 Å². The number of hydrogen-bond acceptors (Lipinski definition) is 14. The van der Waals surface area contributed by atoms with Crippen LogP contribution in [0.25, 0.3) is 0 Å². The first kappa shape index (κ1) is 73.4. The van der Waals surface area contributed by atoms with E-state index in [1.165, 1.54) is 22.3 Å². The molecular weight excluding hydrogens is 760 g/mol. The SMILES string of the molecule is CC(=O)[O-].CC(=O)[O-].CC(=O)[O-].CC(=O)[O-].CC(=O)[O-].CC(=O)[O-].Cc1cncc(C)c1.Cc1cncc(C)c1.[OH3+].[OH3+].[Zn+2].[Zn+2].[Zn+2]. The molecule has 0 saturated carbocycles. The number of aliphatic carboxylic acids is 6. The minimum absolute atomic E-state index is 0. The fourth-order valence-electron chi connectivity index (χ4n) is 1.41. The first-order chi connectivity index (χ1) is 18.0. The normalized spacial score (nSPS) is 6.62. The van der Waals surface area contributed by atoms with Gasteiger partial charge in [0.1, 0.15) is 0 Å². The fourth-order valence-corrected chi connectivity index (χ4v) is 1.41. The van der Waals surface area contributed by atoms with Crippen LogP contribution in [0.4, 0.5) is 0 Å². The molecule has 0 unspecified atom stereocenters. The van der Waals surface area contributed by atoms with Gasteiger partial charge in [-0.2, -0.15) is 0 Å². The molecule has 0 atom stereocenters. The third kappa shape index (κ3) is 217. The van der Waals surface area contributed by atoms with Gasteiger partial charge in [0.05, 0.1) is 0 Å². The van der Waals surface area contributed by atoms with Crippen molar-refractivity contribution in [2.75, 3.05) is 0 Å². The Labute approximate surface area is 301 Å². The van der Waals surface area contributed by atoms with Gasteiger partial charge in [0, 0.05) is 60.6 Å².